The second-order valence-electron chi connectivity index (χ2n) is 5.08. The first-order valence-electron chi connectivity index (χ1n) is 7.34. The lowest BCUT2D eigenvalue weighted by Gasteiger charge is -2.07. The first kappa shape index (κ1) is 17.4. The summed E-state index contributed by atoms with van der Waals surface area (Å²) in [7, 11) is 2.38. The van der Waals surface area contributed by atoms with Gasteiger partial charge < -0.3 is 14.0 Å². The Morgan fingerprint density at radius 3 is 2.33 bits per heavy atom. The lowest BCUT2D eigenvalue weighted by Crippen LogP contribution is -2.19. The van der Waals surface area contributed by atoms with Crippen molar-refractivity contribution >= 4 is 17.7 Å². The molecule has 0 bridgehead atoms. The summed E-state index contributed by atoms with van der Waals surface area (Å²) >= 11 is 0. The van der Waals surface area contributed by atoms with Crippen molar-refractivity contribution in [1.29, 1.82) is 0 Å². The maximum atomic E-state index is 12.2. The molecule has 0 fully saturated rings. The average Bonchev–Trinajstić information content (AvgIpc) is 3.03. The van der Waals surface area contributed by atoms with E-state index in [1.54, 1.807) is 0 Å². The van der Waals surface area contributed by atoms with E-state index in [1.807, 2.05) is 30.3 Å². The third-order valence-electron chi connectivity index (χ3n) is 3.48. The topological polar surface area (TPSA) is 87.5 Å². The molecule has 0 saturated carbocycles. The van der Waals surface area contributed by atoms with Gasteiger partial charge in [-0.15, -0.1) is 0 Å². The summed E-state index contributed by atoms with van der Waals surface area (Å²) in [4.78, 5) is 39.6. The molecule has 0 spiro atoms. The fraction of sp³-hybridized carbons (Fsp3) is 0.294. The molecule has 24 heavy (non-hydrogen) atoms. The number of aromatic nitrogens is 2. The molecule has 0 saturated heterocycles. The highest BCUT2D eigenvalue weighted by Crippen LogP contribution is 2.12. The van der Waals surface area contributed by atoms with Gasteiger partial charge in [0.25, 0.3) is 0 Å². The monoisotopic (exact) mass is 330 g/mol. The van der Waals surface area contributed by atoms with Gasteiger partial charge in [0, 0.05) is 6.42 Å². The molecule has 2 rings (SSSR count). The second-order valence-corrected chi connectivity index (χ2v) is 5.08. The predicted octanol–water partition coefficient (Wildman–Crippen LogP) is 1.66. The number of ketones is 1. The van der Waals surface area contributed by atoms with Crippen LogP contribution in [-0.4, -0.2) is 41.5 Å². The molecule has 0 radical (unpaired) electrons. The molecular weight excluding hydrogens is 312 g/mol. The number of esters is 2. The highest BCUT2D eigenvalue weighted by Gasteiger charge is 2.25. The molecule has 0 aliphatic rings. The Morgan fingerprint density at radius 2 is 1.71 bits per heavy atom. The van der Waals surface area contributed by atoms with E-state index in [9.17, 15) is 14.4 Å². The van der Waals surface area contributed by atoms with Crippen molar-refractivity contribution in [1.82, 2.24) is 9.55 Å². The number of ether oxygens (including phenoxy) is 2. The predicted molar refractivity (Wildman–Crippen MR) is 84.7 cm³/mol. The van der Waals surface area contributed by atoms with E-state index in [4.69, 9.17) is 0 Å². The van der Waals surface area contributed by atoms with Crippen LogP contribution in [-0.2, 0) is 27.2 Å². The summed E-state index contributed by atoms with van der Waals surface area (Å²) < 4.78 is 10.6. The Bertz CT molecular complexity index is 737. The van der Waals surface area contributed by atoms with Gasteiger partial charge in [0.15, 0.2) is 17.2 Å². The molecule has 1 heterocycles. The minimum atomic E-state index is -0.758. The minimum absolute atomic E-state index is 0.0682. The number of nitrogens with zero attached hydrogens (tertiary/aromatic N) is 2. The minimum Gasteiger partial charge on any atom is -0.464 e. The van der Waals surface area contributed by atoms with Gasteiger partial charge in [0.05, 0.1) is 27.1 Å². The average molecular weight is 330 g/mol. The van der Waals surface area contributed by atoms with Crippen LogP contribution in [0, 0.1) is 0 Å². The first-order chi connectivity index (χ1) is 11.6. The highest BCUT2D eigenvalue weighted by molar-refractivity contribution is 6.00. The largest absolute Gasteiger partial charge is 0.464 e. The molecule has 0 N–H and O–H groups in total. The van der Waals surface area contributed by atoms with Crippen molar-refractivity contribution in [3.8, 4) is 0 Å². The van der Waals surface area contributed by atoms with Crippen LogP contribution in [0.3, 0.4) is 0 Å². The van der Waals surface area contributed by atoms with Crippen LogP contribution in [0.15, 0.2) is 36.7 Å². The van der Waals surface area contributed by atoms with Gasteiger partial charge >= 0.3 is 11.9 Å². The lowest BCUT2D eigenvalue weighted by molar-refractivity contribution is -0.119. The molecule has 2 aromatic rings. The smallest absolute Gasteiger partial charge is 0.359 e. The van der Waals surface area contributed by atoms with Crippen LogP contribution in [0.4, 0.5) is 0 Å². The third-order valence-corrected chi connectivity index (χ3v) is 3.48. The van der Waals surface area contributed by atoms with E-state index < -0.39 is 11.9 Å². The number of imidazole rings is 1. The number of carbonyl (C=O) groups excluding carboxylic acids is 3. The molecule has 7 nitrogen and oxygen atoms in total. The number of benzene rings is 1. The van der Waals surface area contributed by atoms with Crippen LogP contribution in [0.5, 0.6) is 0 Å². The zero-order chi connectivity index (χ0) is 17.5. The molecule has 1 aromatic carbocycles. The van der Waals surface area contributed by atoms with E-state index in [1.165, 1.54) is 25.1 Å². The zero-order valence-corrected chi connectivity index (χ0v) is 13.5. The van der Waals surface area contributed by atoms with E-state index in [0.29, 0.717) is 12.8 Å². The number of hydrogen-bond donors (Lipinski definition) is 0. The fourth-order valence-corrected chi connectivity index (χ4v) is 2.26. The summed E-state index contributed by atoms with van der Waals surface area (Å²) in [5, 5.41) is 0. The van der Waals surface area contributed by atoms with Crippen molar-refractivity contribution in [3.05, 3.63) is 53.6 Å². The first-order valence-corrected chi connectivity index (χ1v) is 7.34. The van der Waals surface area contributed by atoms with Crippen molar-refractivity contribution < 1.29 is 23.9 Å². The standard InChI is InChI=1S/C17H18N2O5/c1-23-16(21)14-15(17(22)24-2)19(11-18-14)10-13(20)9-8-12-6-4-3-5-7-12/h3-7,11H,8-10H2,1-2H3. The van der Waals surface area contributed by atoms with Gasteiger partial charge in [-0.25, -0.2) is 14.6 Å². The maximum Gasteiger partial charge on any atom is 0.359 e. The number of Topliss-reactive ketones (excluding diaryl/α,β-unsaturated/α-hetero) is 1. The molecule has 1 aromatic heterocycles. The fourth-order valence-electron chi connectivity index (χ4n) is 2.26. The molecule has 126 valence electrons. The SMILES string of the molecule is COC(=O)c1ncn(CC(=O)CCc2ccccc2)c1C(=O)OC. The van der Waals surface area contributed by atoms with Gasteiger partial charge in [-0.2, -0.15) is 0 Å². The van der Waals surface area contributed by atoms with Crippen molar-refractivity contribution in [2.75, 3.05) is 14.2 Å². The molecular formula is C17H18N2O5. The second kappa shape index (κ2) is 8.05. The van der Waals surface area contributed by atoms with Crippen molar-refractivity contribution in [2.45, 2.75) is 19.4 Å². The Hall–Kier alpha value is -2.96. The van der Waals surface area contributed by atoms with Gasteiger partial charge in [0.2, 0.25) is 0 Å². The van der Waals surface area contributed by atoms with E-state index in [-0.39, 0.29) is 23.7 Å². The quantitative estimate of drug-likeness (QED) is 0.718. The van der Waals surface area contributed by atoms with Crippen LogP contribution in [0.25, 0.3) is 0 Å². The number of hydrogen-bond acceptors (Lipinski definition) is 6. The molecule has 0 aliphatic carbocycles. The maximum absolute atomic E-state index is 12.2. The number of aryl methyl sites for hydroxylation is 1. The van der Waals surface area contributed by atoms with Gasteiger partial charge in [-0.05, 0) is 12.0 Å². The van der Waals surface area contributed by atoms with E-state index >= 15 is 0 Å². The van der Waals surface area contributed by atoms with E-state index in [0.717, 1.165) is 5.56 Å². The molecule has 0 atom stereocenters. The Morgan fingerprint density at radius 1 is 1.04 bits per heavy atom. The van der Waals surface area contributed by atoms with Crippen LogP contribution < -0.4 is 0 Å². The van der Waals surface area contributed by atoms with Gasteiger partial charge in [-0.3, -0.25) is 4.79 Å². The van der Waals surface area contributed by atoms with Crippen LogP contribution in [0.1, 0.15) is 33.0 Å². The van der Waals surface area contributed by atoms with Gasteiger partial charge in [0.1, 0.15) is 0 Å². The summed E-state index contributed by atoms with van der Waals surface area (Å²) in [6.45, 7) is -0.0682. The summed E-state index contributed by atoms with van der Waals surface area (Å²) in [5.74, 6) is -1.59. The lowest BCUT2D eigenvalue weighted by atomic mass is 10.1. The Labute approximate surface area is 139 Å². The Kier molecular flexibility index (Phi) is 5.83. The number of carbonyl (C=O) groups is 3. The van der Waals surface area contributed by atoms with Crippen molar-refractivity contribution in [3.63, 3.8) is 0 Å². The van der Waals surface area contributed by atoms with Crippen LogP contribution in [0.2, 0.25) is 0 Å². The molecule has 0 unspecified atom stereocenters. The van der Waals surface area contributed by atoms with Crippen LogP contribution >= 0.6 is 0 Å². The number of methoxy groups -OCH3 is 2. The molecule has 7 heteroatoms. The zero-order valence-electron chi connectivity index (χ0n) is 13.5. The third kappa shape index (κ3) is 4.07. The summed E-state index contributed by atoms with van der Waals surface area (Å²) in [5.41, 5.74) is 0.803. The summed E-state index contributed by atoms with van der Waals surface area (Å²) in [6, 6.07) is 9.62. The molecule has 0 aliphatic heterocycles. The van der Waals surface area contributed by atoms with E-state index in [2.05, 4.69) is 14.5 Å². The number of rotatable bonds is 7. The van der Waals surface area contributed by atoms with Crippen molar-refractivity contribution in [2.24, 2.45) is 0 Å². The Balaban J connectivity index is 2.11. The summed E-state index contributed by atoms with van der Waals surface area (Å²) in [6.07, 6.45) is 2.18. The van der Waals surface area contributed by atoms with Gasteiger partial charge in [-0.1, -0.05) is 30.3 Å². The normalized spacial score (nSPS) is 10.2. The highest BCUT2D eigenvalue weighted by atomic mass is 16.5. The molecule has 0 amide bonds.